The van der Waals surface area contributed by atoms with Gasteiger partial charge in [0.25, 0.3) is 15.9 Å². The molecule has 2 aromatic rings. The molecule has 0 spiro atoms. The smallest absolute Gasteiger partial charge is 0.405 e. The Labute approximate surface area is 187 Å². The Balaban J connectivity index is 1.78. The molecule has 172 valence electrons. The van der Waals surface area contributed by atoms with Crippen molar-refractivity contribution in [3.63, 3.8) is 0 Å². The van der Waals surface area contributed by atoms with E-state index >= 15 is 0 Å². The number of alkyl halides is 3. The minimum Gasteiger partial charge on any atom is -0.452 e. The third-order valence-corrected chi connectivity index (χ3v) is 6.77. The molecule has 0 fully saturated rings. The molecular formula is C20H18ClF3N2O5S. The van der Waals surface area contributed by atoms with E-state index in [4.69, 9.17) is 16.3 Å². The third kappa shape index (κ3) is 5.52. The lowest BCUT2D eigenvalue weighted by molar-refractivity contribution is -0.140. The van der Waals surface area contributed by atoms with E-state index in [1.807, 2.05) is 12.1 Å². The summed E-state index contributed by atoms with van der Waals surface area (Å²) in [5.74, 6) is -2.31. The minimum atomic E-state index is -4.61. The van der Waals surface area contributed by atoms with Gasteiger partial charge in [-0.1, -0.05) is 29.8 Å². The van der Waals surface area contributed by atoms with Gasteiger partial charge in [-0.3, -0.25) is 9.10 Å². The van der Waals surface area contributed by atoms with Gasteiger partial charge < -0.3 is 10.1 Å². The van der Waals surface area contributed by atoms with Crippen LogP contribution in [0.25, 0.3) is 0 Å². The second-order valence-corrected chi connectivity index (χ2v) is 9.19. The number of rotatable bonds is 6. The molecule has 3 rings (SSSR count). The van der Waals surface area contributed by atoms with Crippen LogP contribution in [-0.2, 0) is 26.0 Å². The highest BCUT2D eigenvalue weighted by atomic mass is 35.5. The number of amides is 1. The van der Waals surface area contributed by atoms with Crippen molar-refractivity contribution in [2.24, 2.45) is 0 Å². The first-order valence-electron chi connectivity index (χ1n) is 9.40. The van der Waals surface area contributed by atoms with Gasteiger partial charge in [0, 0.05) is 6.54 Å². The Morgan fingerprint density at radius 1 is 1.16 bits per heavy atom. The second-order valence-electron chi connectivity index (χ2n) is 6.92. The molecule has 12 heteroatoms. The molecule has 1 N–H and O–H groups in total. The van der Waals surface area contributed by atoms with Crippen LogP contribution in [0.1, 0.15) is 22.3 Å². The first-order valence-corrected chi connectivity index (χ1v) is 11.2. The van der Waals surface area contributed by atoms with Crippen LogP contribution >= 0.6 is 11.6 Å². The minimum absolute atomic E-state index is 0.135. The number of fused-ring (bicyclic) bond motifs is 1. The third-order valence-electron chi connectivity index (χ3n) is 4.63. The lowest BCUT2D eigenvalue weighted by Crippen LogP contribution is -2.36. The van der Waals surface area contributed by atoms with Gasteiger partial charge in [0.2, 0.25) is 0 Å². The van der Waals surface area contributed by atoms with Crippen molar-refractivity contribution in [2.75, 3.05) is 24.0 Å². The summed E-state index contributed by atoms with van der Waals surface area (Å²) in [4.78, 5) is 23.5. The number of anilines is 1. The van der Waals surface area contributed by atoms with Crippen molar-refractivity contribution in [1.29, 1.82) is 0 Å². The molecule has 32 heavy (non-hydrogen) atoms. The highest BCUT2D eigenvalue weighted by molar-refractivity contribution is 7.92. The van der Waals surface area contributed by atoms with Gasteiger partial charge in [-0.25, -0.2) is 13.2 Å². The van der Waals surface area contributed by atoms with Crippen LogP contribution in [0.5, 0.6) is 0 Å². The number of ether oxygens (including phenoxy) is 1. The largest absolute Gasteiger partial charge is 0.452 e. The monoisotopic (exact) mass is 490 g/mol. The fraction of sp³-hybridized carbons (Fsp3) is 0.300. The number of hydrogen-bond donors (Lipinski definition) is 1. The van der Waals surface area contributed by atoms with E-state index < -0.39 is 41.2 Å². The van der Waals surface area contributed by atoms with E-state index in [0.29, 0.717) is 12.1 Å². The average molecular weight is 491 g/mol. The molecule has 1 aliphatic rings. The molecule has 1 heterocycles. The first-order chi connectivity index (χ1) is 15.0. The number of nitrogens with zero attached hydrogens (tertiary/aromatic N) is 1. The quantitative estimate of drug-likeness (QED) is 0.627. The van der Waals surface area contributed by atoms with Crippen LogP contribution in [0.4, 0.5) is 18.9 Å². The fourth-order valence-electron chi connectivity index (χ4n) is 3.16. The van der Waals surface area contributed by atoms with Crippen molar-refractivity contribution < 1.29 is 35.9 Å². The summed E-state index contributed by atoms with van der Waals surface area (Å²) in [6.45, 7) is -2.31. The molecule has 0 aromatic heterocycles. The Morgan fingerprint density at radius 2 is 1.88 bits per heavy atom. The molecule has 0 atom stereocenters. The molecule has 0 saturated carbocycles. The van der Waals surface area contributed by atoms with E-state index in [2.05, 4.69) is 0 Å². The predicted molar refractivity (Wildman–Crippen MR) is 110 cm³/mol. The maximum atomic E-state index is 13.2. The normalized spacial score (nSPS) is 13.9. The van der Waals surface area contributed by atoms with Gasteiger partial charge in [0.15, 0.2) is 6.61 Å². The van der Waals surface area contributed by atoms with Gasteiger partial charge >= 0.3 is 12.1 Å². The van der Waals surface area contributed by atoms with Crippen LogP contribution in [0.15, 0.2) is 47.4 Å². The number of halogens is 4. The summed E-state index contributed by atoms with van der Waals surface area (Å²) < 4.78 is 68.8. The van der Waals surface area contributed by atoms with Crippen molar-refractivity contribution >= 4 is 39.2 Å². The van der Waals surface area contributed by atoms with Crippen molar-refractivity contribution in [2.45, 2.75) is 23.9 Å². The SMILES string of the molecule is O=C(COC(=O)c1cc(S(=O)(=O)N2CCCc3ccccc32)ccc1Cl)NCC(F)(F)F. The van der Waals surface area contributed by atoms with Gasteiger partial charge in [0.05, 0.1) is 21.2 Å². The number of para-hydroxylation sites is 1. The Bertz CT molecular complexity index is 1140. The number of carbonyl (C=O) groups excluding carboxylic acids is 2. The van der Waals surface area contributed by atoms with Crippen LogP contribution in [0.3, 0.4) is 0 Å². The standard InChI is InChI=1S/C20H18ClF3N2O5S/c21-16-8-7-14(10-15(16)19(28)31-11-18(27)25-12-20(22,23)24)32(29,30)26-9-3-5-13-4-1-2-6-17(13)26/h1-2,4,6-8,10H,3,5,9,11-12H2,(H,25,27). The maximum Gasteiger partial charge on any atom is 0.405 e. The van der Waals surface area contributed by atoms with Crippen molar-refractivity contribution in [3.8, 4) is 0 Å². The summed E-state index contributed by atoms with van der Waals surface area (Å²) in [6, 6.07) is 10.5. The molecular weight excluding hydrogens is 473 g/mol. The molecule has 0 saturated heterocycles. The van der Waals surface area contributed by atoms with Gasteiger partial charge in [-0.15, -0.1) is 0 Å². The molecule has 2 aromatic carbocycles. The number of benzene rings is 2. The predicted octanol–water partition coefficient (Wildman–Crippen LogP) is 3.32. The van der Waals surface area contributed by atoms with Crippen molar-refractivity contribution in [1.82, 2.24) is 5.32 Å². The topological polar surface area (TPSA) is 92.8 Å². The van der Waals surface area contributed by atoms with Crippen LogP contribution < -0.4 is 9.62 Å². The first kappa shape index (κ1) is 23.9. The Morgan fingerprint density at radius 3 is 2.59 bits per heavy atom. The summed E-state index contributed by atoms with van der Waals surface area (Å²) in [5.41, 5.74) is 1.08. The fourth-order valence-corrected chi connectivity index (χ4v) is 4.92. The second kappa shape index (κ2) is 9.37. The summed E-state index contributed by atoms with van der Waals surface area (Å²) in [6.07, 6.45) is -3.26. The molecule has 1 amide bonds. The highest BCUT2D eigenvalue weighted by Crippen LogP contribution is 2.33. The zero-order chi connectivity index (χ0) is 23.5. The van der Waals surface area contributed by atoms with Gasteiger partial charge in [-0.2, -0.15) is 13.2 Å². The van der Waals surface area contributed by atoms with E-state index in [9.17, 15) is 31.2 Å². The zero-order valence-electron chi connectivity index (χ0n) is 16.5. The Hall–Kier alpha value is -2.79. The maximum absolute atomic E-state index is 13.2. The van der Waals surface area contributed by atoms with Crippen LogP contribution in [-0.4, -0.2) is 46.2 Å². The number of esters is 1. The van der Waals surface area contributed by atoms with E-state index in [0.717, 1.165) is 18.1 Å². The van der Waals surface area contributed by atoms with E-state index in [1.165, 1.54) is 16.4 Å². The van der Waals surface area contributed by atoms with Gasteiger partial charge in [0.1, 0.15) is 6.54 Å². The summed E-state index contributed by atoms with van der Waals surface area (Å²) in [7, 11) is -4.04. The number of hydrogen-bond acceptors (Lipinski definition) is 5. The number of carbonyl (C=O) groups is 2. The molecule has 7 nitrogen and oxygen atoms in total. The highest BCUT2D eigenvalue weighted by Gasteiger charge is 2.30. The lowest BCUT2D eigenvalue weighted by Gasteiger charge is -2.30. The lowest BCUT2D eigenvalue weighted by atomic mass is 10.0. The molecule has 1 aliphatic heterocycles. The molecule has 0 bridgehead atoms. The molecule has 0 aliphatic carbocycles. The molecule has 0 radical (unpaired) electrons. The van der Waals surface area contributed by atoms with E-state index in [1.54, 1.807) is 17.4 Å². The van der Waals surface area contributed by atoms with E-state index in [-0.39, 0.29) is 22.0 Å². The van der Waals surface area contributed by atoms with Crippen LogP contribution in [0.2, 0.25) is 5.02 Å². The van der Waals surface area contributed by atoms with Gasteiger partial charge in [-0.05, 0) is 42.7 Å². The number of nitrogens with one attached hydrogen (secondary N) is 1. The zero-order valence-corrected chi connectivity index (χ0v) is 18.1. The van der Waals surface area contributed by atoms with Crippen molar-refractivity contribution in [3.05, 3.63) is 58.6 Å². The van der Waals surface area contributed by atoms with Crippen LogP contribution in [0, 0.1) is 0 Å². The average Bonchev–Trinajstić information content (AvgIpc) is 2.75. The molecule has 0 unspecified atom stereocenters. The summed E-state index contributed by atoms with van der Waals surface area (Å²) >= 11 is 5.99. The number of aryl methyl sites for hydroxylation is 1. The number of sulfonamides is 1. The Kier molecular flexibility index (Phi) is 6.99. The summed E-state index contributed by atoms with van der Waals surface area (Å²) in [5, 5.41) is 1.42.